The van der Waals surface area contributed by atoms with Gasteiger partial charge >= 0.3 is 5.97 Å². The van der Waals surface area contributed by atoms with Crippen LogP contribution < -0.4 is 0 Å². The molecule has 1 rings (SSSR count). The fourth-order valence-corrected chi connectivity index (χ4v) is 1.54. The fraction of sp³-hybridized carbons (Fsp3) is 0.500. The summed E-state index contributed by atoms with van der Waals surface area (Å²) < 4.78 is 0. The van der Waals surface area contributed by atoms with E-state index in [1.165, 1.54) is 5.56 Å². The Bertz CT molecular complexity index is 320. The van der Waals surface area contributed by atoms with Crippen LogP contribution in [-0.4, -0.2) is 64.1 Å². The Hall–Kier alpha value is -0.420. The number of nitrogens with zero attached hydrogens (tertiary/aromatic N) is 2. The number of aromatic nitrogens is 1. The summed E-state index contributed by atoms with van der Waals surface area (Å²) in [5, 5.41) is 8.49. The summed E-state index contributed by atoms with van der Waals surface area (Å²) in [7, 11) is 2.04. The quantitative estimate of drug-likeness (QED) is 0.582. The average molecular weight is 245 g/mol. The van der Waals surface area contributed by atoms with Crippen LogP contribution in [0.25, 0.3) is 0 Å². The molecule has 5 heteroatoms. The van der Waals surface area contributed by atoms with Crippen LogP contribution >= 0.6 is 0 Å². The summed E-state index contributed by atoms with van der Waals surface area (Å²) in [6.45, 7) is 1.78. The topological polar surface area (TPSA) is 53.4 Å². The number of pyridine rings is 1. The van der Waals surface area contributed by atoms with Gasteiger partial charge in [0.15, 0.2) is 0 Å². The summed E-state index contributed by atoms with van der Waals surface area (Å²) in [6.07, 6.45) is 5.54. The van der Waals surface area contributed by atoms with Crippen LogP contribution in [-0.2, 0) is 11.3 Å². The summed E-state index contributed by atoms with van der Waals surface area (Å²) in [4.78, 5) is 16.5. The largest absolute Gasteiger partial charge is 0.481 e. The van der Waals surface area contributed by atoms with Crippen LogP contribution in [0.2, 0.25) is 0 Å². The molecule has 1 N–H and O–H groups in total. The minimum absolute atomic E-state index is 0. The molecule has 0 fully saturated rings. The van der Waals surface area contributed by atoms with Crippen molar-refractivity contribution in [1.29, 1.82) is 0 Å². The van der Waals surface area contributed by atoms with E-state index in [1.54, 1.807) is 6.20 Å². The number of aliphatic carboxylic acids is 1. The first-order valence-electron chi connectivity index (χ1n) is 5.47. The molecule has 17 heavy (non-hydrogen) atoms. The number of carboxylic acid groups (broad SMARTS) is 1. The predicted molar refractivity (Wildman–Crippen MR) is 67.8 cm³/mol. The Morgan fingerprint density at radius 1 is 1.47 bits per heavy atom. The number of rotatable bonds is 7. The molecular weight excluding hydrogens is 227 g/mol. The molecule has 1 heterocycles. The first-order chi connectivity index (χ1) is 7.68. The molecule has 1 aromatic rings. The summed E-state index contributed by atoms with van der Waals surface area (Å²) in [6, 6.07) is 3.97. The Morgan fingerprint density at radius 2 is 2.24 bits per heavy atom. The van der Waals surface area contributed by atoms with E-state index < -0.39 is 5.97 Å². The molecule has 0 atom stereocenters. The minimum Gasteiger partial charge on any atom is -0.481 e. The zero-order valence-corrected chi connectivity index (χ0v) is 12.6. The Labute approximate surface area is 124 Å². The molecule has 4 nitrogen and oxygen atoms in total. The normalized spacial score (nSPS) is 10.0. The third-order valence-corrected chi connectivity index (χ3v) is 2.36. The van der Waals surface area contributed by atoms with Crippen LogP contribution in [0.4, 0.5) is 0 Å². The maximum Gasteiger partial charge on any atom is 0.303 e. The maximum absolute atomic E-state index is 10.3. The fourth-order valence-electron chi connectivity index (χ4n) is 1.54. The molecule has 0 amide bonds. The van der Waals surface area contributed by atoms with E-state index in [9.17, 15) is 4.79 Å². The summed E-state index contributed by atoms with van der Waals surface area (Å²) in [5.74, 6) is -0.713. The third-order valence-electron chi connectivity index (χ3n) is 2.36. The molecule has 1 radical (unpaired) electrons. The van der Waals surface area contributed by atoms with Crippen molar-refractivity contribution in [3.8, 4) is 0 Å². The Morgan fingerprint density at radius 3 is 2.82 bits per heavy atom. The van der Waals surface area contributed by atoms with Crippen molar-refractivity contribution < 1.29 is 9.90 Å². The van der Waals surface area contributed by atoms with Crippen molar-refractivity contribution in [2.75, 3.05) is 13.6 Å². The molecule has 0 aliphatic rings. The molecule has 0 spiro atoms. The number of carboxylic acids is 1. The smallest absolute Gasteiger partial charge is 0.303 e. The van der Waals surface area contributed by atoms with E-state index in [2.05, 4.69) is 9.88 Å². The first kappa shape index (κ1) is 16.6. The SMILES string of the molecule is CN(CCCCC(=O)O)Cc1cccnc1.[Na]. The van der Waals surface area contributed by atoms with Gasteiger partial charge in [0.05, 0.1) is 0 Å². The first-order valence-corrected chi connectivity index (χ1v) is 5.47. The minimum atomic E-state index is -0.713. The summed E-state index contributed by atoms with van der Waals surface area (Å²) in [5.41, 5.74) is 1.18. The zero-order valence-electron chi connectivity index (χ0n) is 10.6. The van der Waals surface area contributed by atoms with Crippen LogP contribution in [0.5, 0.6) is 0 Å². The second kappa shape index (κ2) is 9.59. The van der Waals surface area contributed by atoms with Gasteiger partial charge in [-0.15, -0.1) is 0 Å². The van der Waals surface area contributed by atoms with Gasteiger partial charge in [-0.05, 0) is 38.1 Å². The molecule has 1 aromatic heterocycles. The van der Waals surface area contributed by atoms with Gasteiger partial charge in [0.1, 0.15) is 0 Å². The van der Waals surface area contributed by atoms with Gasteiger partial charge in [-0.3, -0.25) is 9.78 Å². The van der Waals surface area contributed by atoms with Crippen LogP contribution in [0.15, 0.2) is 24.5 Å². The Balaban J connectivity index is 0.00000256. The van der Waals surface area contributed by atoms with E-state index in [0.717, 1.165) is 25.9 Å². The van der Waals surface area contributed by atoms with Crippen molar-refractivity contribution in [1.82, 2.24) is 9.88 Å². The molecule has 0 bridgehead atoms. The second-order valence-electron chi connectivity index (χ2n) is 3.95. The van der Waals surface area contributed by atoms with E-state index in [0.29, 0.717) is 0 Å². The standard InChI is InChI=1S/C12H18N2O2.Na/c1-14(8-3-2-6-12(15)16)10-11-5-4-7-13-9-11;/h4-5,7,9H,2-3,6,8,10H2,1H3,(H,15,16);. The average Bonchev–Trinajstić information content (AvgIpc) is 2.25. The van der Waals surface area contributed by atoms with Gasteiger partial charge in [-0.1, -0.05) is 6.07 Å². The van der Waals surface area contributed by atoms with Crippen molar-refractivity contribution in [3.05, 3.63) is 30.1 Å². The van der Waals surface area contributed by atoms with E-state index >= 15 is 0 Å². The van der Waals surface area contributed by atoms with E-state index in [1.807, 2.05) is 25.4 Å². The molecule has 0 aromatic carbocycles. The van der Waals surface area contributed by atoms with E-state index in [-0.39, 0.29) is 36.0 Å². The molecule has 0 aliphatic heterocycles. The van der Waals surface area contributed by atoms with Crippen LogP contribution in [0.3, 0.4) is 0 Å². The van der Waals surface area contributed by atoms with E-state index in [4.69, 9.17) is 5.11 Å². The molecule has 0 saturated heterocycles. The van der Waals surface area contributed by atoms with Crippen molar-refractivity contribution in [2.24, 2.45) is 0 Å². The van der Waals surface area contributed by atoms with Crippen molar-refractivity contribution >= 4 is 35.5 Å². The number of carbonyl (C=O) groups is 1. The maximum atomic E-state index is 10.3. The molecule has 89 valence electrons. The van der Waals surface area contributed by atoms with Gasteiger partial charge in [0, 0.05) is 54.9 Å². The van der Waals surface area contributed by atoms with Gasteiger partial charge in [-0.25, -0.2) is 0 Å². The Kier molecular flexibility index (Phi) is 9.36. The van der Waals surface area contributed by atoms with Crippen LogP contribution in [0, 0.1) is 0 Å². The van der Waals surface area contributed by atoms with Crippen molar-refractivity contribution in [3.63, 3.8) is 0 Å². The number of hydrogen-bond donors (Lipinski definition) is 1. The number of hydrogen-bond acceptors (Lipinski definition) is 3. The van der Waals surface area contributed by atoms with Gasteiger partial charge in [0.25, 0.3) is 0 Å². The molecule has 0 saturated carbocycles. The number of unbranched alkanes of at least 4 members (excludes halogenated alkanes) is 1. The summed E-state index contributed by atoms with van der Waals surface area (Å²) >= 11 is 0. The predicted octanol–water partition coefficient (Wildman–Crippen LogP) is 1.39. The third kappa shape index (κ3) is 8.32. The molecule has 0 aliphatic carbocycles. The molecular formula is C12H18N2NaO2. The van der Waals surface area contributed by atoms with Gasteiger partial charge in [-0.2, -0.15) is 0 Å². The van der Waals surface area contributed by atoms with Gasteiger partial charge in [0.2, 0.25) is 0 Å². The van der Waals surface area contributed by atoms with Gasteiger partial charge < -0.3 is 10.0 Å². The molecule has 0 unspecified atom stereocenters. The van der Waals surface area contributed by atoms with Crippen LogP contribution in [0.1, 0.15) is 24.8 Å². The monoisotopic (exact) mass is 245 g/mol. The van der Waals surface area contributed by atoms with Crippen molar-refractivity contribution in [2.45, 2.75) is 25.8 Å². The second-order valence-corrected chi connectivity index (χ2v) is 3.95. The zero-order chi connectivity index (χ0) is 11.8.